The first kappa shape index (κ1) is 13.8. The van der Waals surface area contributed by atoms with E-state index in [4.69, 9.17) is 23.2 Å². The lowest BCUT2D eigenvalue weighted by Crippen LogP contribution is -2.08. The predicted molar refractivity (Wildman–Crippen MR) is 65.7 cm³/mol. The molecule has 1 aromatic rings. The highest BCUT2D eigenvalue weighted by Gasteiger charge is 2.14. The number of hydrogen-bond acceptors (Lipinski definition) is 3. The maximum Gasteiger partial charge on any atom is 0.147 e. The maximum absolute atomic E-state index is 10.9. The van der Waals surface area contributed by atoms with Crippen LogP contribution in [0.1, 0.15) is 18.1 Å². The molecule has 1 aromatic carbocycles. The van der Waals surface area contributed by atoms with E-state index >= 15 is 0 Å². The van der Waals surface area contributed by atoms with Gasteiger partial charge in [0, 0.05) is 21.9 Å². The van der Waals surface area contributed by atoms with E-state index in [2.05, 4.69) is 0 Å². The molecular weight excluding hydrogens is 271 g/mol. The van der Waals surface area contributed by atoms with Gasteiger partial charge < -0.3 is 5.11 Å². The van der Waals surface area contributed by atoms with Crippen LogP contribution in [0.2, 0.25) is 10.0 Å². The quantitative estimate of drug-likeness (QED) is 0.923. The molecule has 0 radical (unpaired) electrons. The van der Waals surface area contributed by atoms with E-state index in [1.54, 1.807) is 12.1 Å². The monoisotopic (exact) mass is 282 g/mol. The molecule has 0 aromatic heterocycles. The van der Waals surface area contributed by atoms with Gasteiger partial charge in [-0.15, -0.1) is 0 Å². The van der Waals surface area contributed by atoms with Gasteiger partial charge in [-0.25, -0.2) is 8.42 Å². The first-order valence-corrected chi connectivity index (χ1v) is 7.42. The second-order valence-corrected chi connectivity index (χ2v) is 6.70. The van der Waals surface area contributed by atoms with E-state index in [1.165, 1.54) is 6.07 Å². The summed E-state index contributed by atoms with van der Waals surface area (Å²) >= 11 is 11.6. The van der Waals surface area contributed by atoms with Gasteiger partial charge in [0.05, 0.1) is 11.9 Å². The number of rotatable bonds is 4. The fourth-order valence-electron chi connectivity index (χ4n) is 1.25. The molecular formula is C10H12Cl2O3S. The van der Waals surface area contributed by atoms with E-state index in [0.717, 1.165) is 6.26 Å². The molecule has 1 atom stereocenters. The van der Waals surface area contributed by atoms with Crippen LogP contribution < -0.4 is 0 Å². The van der Waals surface area contributed by atoms with Crippen molar-refractivity contribution in [3.8, 4) is 0 Å². The average molecular weight is 283 g/mol. The molecule has 0 heterocycles. The summed E-state index contributed by atoms with van der Waals surface area (Å²) in [5.41, 5.74) is 0.456. The Morgan fingerprint density at radius 2 is 2.00 bits per heavy atom. The average Bonchev–Trinajstić information content (AvgIpc) is 2.17. The third kappa shape index (κ3) is 4.29. The third-order valence-corrected chi connectivity index (χ3v) is 3.64. The van der Waals surface area contributed by atoms with Crippen LogP contribution in [0.5, 0.6) is 0 Å². The maximum atomic E-state index is 10.9. The molecule has 0 spiro atoms. The van der Waals surface area contributed by atoms with Crippen LogP contribution in [0.3, 0.4) is 0 Å². The summed E-state index contributed by atoms with van der Waals surface area (Å²) in [5.74, 6) is -0.0863. The zero-order valence-electron chi connectivity index (χ0n) is 8.65. The summed E-state index contributed by atoms with van der Waals surface area (Å²) in [7, 11) is -3.09. The minimum atomic E-state index is -3.09. The first-order valence-electron chi connectivity index (χ1n) is 4.60. The summed E-state index contributed by atoms with van der Waals surface area (Å²) in [6.45, 7) is 0. The molecule has 0 saturated carbocycles. The Balaban J connectivity index is 2.80. The van der Waals surface area contributed by atoms with Crippen molar-refractivity contribution in [3.63, 3.8) is 0 Å². The molecule has 0 aliphatic rings. The van der Waals surface area contributed by atoms with Crippen molar-refractivity contribution in [2.45, 2.75) is 12.5 Å². The number of sulfone groups is 1. The van der Waals surface area contributed by atoms with Crippen molar-refractivity contribution in [2.24, 2.45) is 0 Å². The Hall–Kier alpha value is -0.290. The van der Waals surface area contributed by atoms with Crippen LogP contribution in [-0.4, -0.2) is 25.5 Å². The molecule has 90 valence electrons. The van der Waals surface area contributed by atoms with Crippen molar-refractivity contribution >= 4 is 33.0 Å². The predicted octanol–water partition coefficient (Wildman–Crippen LogP) is 2.46. The Labute approximate surface area is 105 Å². The number of halogens is 2. The lowest BCUT2D eigenvalue weighted by molar-refractivity contribution is 0.174. The smallest absolute Gasteiger partial charge is 0.147 e. The van der Waals surface area contributed by atoms with E-state index < -0.39 is 15.9 Å². The number of aliphatic hydroxyl groups is 1. The van der Waals surface area contributed by atoms with Crippen LogP contribution in [0.25, 0.3) is 0 Å². The van der Waals surface area contributed by atoms with E-state index in [-0.39, 0.29) is 12.2 Å². The largest absolute Gasteiger partial charge is 0.388 e. The van der Waals surface area contributed by atoms with Crippen LogP contribution in [0.15, 0.2) is 18.2 Å². The van der Waals surface area contributed by atoms with E-state index in [0.29, 0.717) is 15.6 Å². The molecule has 6 heteroatoms. The summed E-state index contributed by atoms with van der Waals surface area (Å²) in [6, 6.07) is 4.72. The van der Waals surface area contributed by atoms with E-state index in [1.807, 2.05) is 0 Å². The van der Waals surface area contributed by atoms with Crippen molar-refractivity contribution in [1.29, 1.82) is 0 Å². The zero-order chi connectivity index (χ0) is 12.3. The van der Waals surface area contributed by atoms with Crippen LogP contribution in [0, 0.1) is 0 Å². The van der Waals surface area contributed by atoms with Gasteiger partial charge in [-0.1, -0.05) is 23.2 Å². The second-order valence-electron chi connectivity index (χ2n) is 3.60. The van der Waals surface area contributed by atoms with E-state index in [9.17, 15) is 13.5 Å². The molecule has 0 fully saturated rings. The second kappa shape index (κ2) is 5.36. The molecule has 16 heavy (non-hydrogen) atoms. The molecule has 3 nitrogen and oxygen atoms in total. The standard InChI is InChI=1S/C10H12Cl2O3S/c1-16(14,15)5-4-10(13)8-6-7(11)2-3-9(8)12/h2-3,6,10,13H,4-5H2,1H3. The highest BCUT2D eigenvalue weighted by atomic mass is 35.5. The van der Waals surface area contributed by atoms with Gasteiger partial charge in [-0.3, -0.25) is 0 Å². The molecule has 0 aliphatic carbocycles. The summed E-state index contributed by atoms with van der Waals surface area (Å²) in [6.07, 6.45) is 0.319. The highest BCUT2D eigenvalue weighted by Crippen LogP contribution is 2.28. The first-order chi connectivity index (χ1) is 7.29. The molecule has 0 saturated heterocycles. The topological polar surface area (TPSA) is 54.4 Å². The number of aliphatic hydroxyl groups excluding tert-OH is 1. The molecule has 0 bridgehead atoms. The molecule has 1 N–H and O–H groups in total. The lowest BCUT2D eigenvalue weighted by atomic mass is 10.1. The van der Waals surface area contributed by atoms with Gasteiger partial charge in [-0.05, 0) is 24.6 Å². The fraction of sp³-hybridized carbons (Fsp3) is 0.400. The zero-order valence-corrected chi connectivity index (χ0v) is 11.0. The minimum absolute atomic E-state index is 0.0863. The van der Waals surface area contributed by atoms with Crippen LogP contribution in [0.4, 0.5) is 0 Å². The third-order valence-electron chi connectivity index (χ3n) is 2.08. The van der Waals surface area contributed by atoms with Crippen molar-refractivity contribution < 1.29 is 13.5 Å². The Morgan fingerprint density at radius 1 is 1.38 bits per heavy atom. The molecule has 1 rings (SSSR count). The SMILES string of the molecule is CS(=O)(=O)CCC(O)c1cc(Cl)ccc1Cl. The minimum Gasteiger partial charge on any atom is -0.388 e. The van der Waals surface area contributed by atoms with Gasteiger partial charge >= 0.3 is 0 Å². The lowest BCUT2D eigenvalue weighted by Gasteiger charge is -2.12. The molecule has 0 amide bonds. The van der Waals surface area contributed by atoms with Crippen molar-refractivity contribution in [1.82, 2.24) is 0 Å². The van der Waals surface area contributed by atoms with Gasteiger partial charge in [0.15, 0.2) is 0 Å². The summed E-state index contributed by atoms with van der Waals surface area (Å²) < 4.78 is 21.9. The normalized spacial score (nSPS) is 13.8. The van der Waals surface area contributed by atoms with Crippen molar-refractivity contribution in [3.05, 3.63) is 33.8 Å². The van der Waals surface area contributed by atoms with Gasteiger partial charge in [0.25, 0.3) is 0 Å². The van der Waals surface area contributed by atoms with Gasteiger partial charge in [0.2, 0.25) is 0 Å². The summed E-state index contributed by atoms with van der Waals surface area (Å²) in [4.78, 5) is 0. The van der Waals surface area contributed by atoms with Crippen LogP contribution >= 0.6 is 23.2 Å². The fourth-order valence-corrected chi connectivity index (χ4v) is 2.33. The van der Waals surface area contributed by atoms with Gasteiger partial charge in [0.1, 0.15) is 9.84 Å². The summed E-state index contributed by atoms with van der Waals surface area (Å²) in [5, 5.41) is 10.6. The Kier molecular flexibility index (Phi) is 4.62. The Bertz CT molecular complexity index is 471. The van der Waals surface area contributed by atoms with Crippen molar-refractivity contribution in [2.75, 3.05) is 12.0 Å². The number of benzene rings is 1. The molecule has 1 unspecified atom stereocenters. The number of hydrogen-bond donors (Lipinski definition) is 1. The molecule has 0 aliphatic heterocycles. The van der Waals surface area contributed by atoms with Gasteiger partial charge in [-0.2, -0.15) is 0 Å². The van der Waals surface area contributed by atoms with Crippen LogP contribution in [-0.2, 0) is 9.84 Å². The highest BCUT2D eigenvalue weighted by molar-refractivity contribution is 7.90. The Morgan fingerprint density at radius 3 is 2.56 bits per heavy atom.